The number of benzene rings is 1. The van der Waals surface area contributed by atoms with Crippen LogP contribution in [0.1, 0.15) is 43.4 Å². The lowest BCUT2D eigenvalue weighted by molar-refractivity contribution is -0.137. The van der Waals surface area contributed by atoms with Gasteiger partial charge in [-0.2, -0.15) is 15.0 Å². The number of ether oxygens (including phenoxy) is 1. The van der Waals surface area contributed by atoms with Gasteiger partial charge in [-0.1, -0.05) is 31.4 Å². The lowest BCUT2D eigenvalue weighted by Gasteiger charge is -2.22. The minimum Gasteiger partial charge on any atom is -0.480 e. The van der Waals surface area contributed by atoms with Crippen molar-refractivity contribution in [3.8, 4) is 5.75 Å². The van der Waals surface area contributed by atoms with Crippen LogP contribution in [0.2, 0.25) is 0 Å². The van der Waals surface area contributed by atoms with Crippen LogP contribution in [-0.4, -0.2) is 63.7 Å². The summed E-state index contributed by atoms with van der Waals surface area (Å²) in [6.45, 7) is 1.11. The summed E-state index contributed by atoms with van der Waals surface area (Å²) in [6.07, 6.45) is 7.32. The van der Waals surface area contributed by atoms with Crippen LogP contribution < -0.4 is 20.7 Å². The highest BCUT2D eigenvalue weighted by Gasteiger charge is 2.21. The first-order valence-electron chi connectivity index (χ1n) is 13.1. The summed E-state index contributed by atoms with van der Waals surface area (Å²) in [6, 6.07) is 9.32. The second-order valence-corrected chi connectivity index (χ2v) is 9.77. The minimum atomic E-state index is -1.06. The summed E-state index contributed by atoms with van der Waals surface area (Å²) in [5.41, 5.74) is 0.737. The molecule has 3 aromatic rings. The molecule has 1 aliphatic rings. The van der Waals surface area contributed by atoms with Crippen molar-refractivity contribution < 1.29 is 23.8 Å². The molecule has 0 unspecified atom stereocenters. The Labute approximate surface area is 227 Å². The van der Waals surface area contributed by atoms with Gasteiger partial charge in [-0.25, -0.2) is 9.59 Å². The zero-order chi connectivity index (χ0) is 27.6. The fourth-order valence-corrected chi connectivity index (χ4v) is 4.28. The Bertz CT molecular complexity index is 1210. The fourth-order valence-electron chi connectivity index (χ4n) is 4.28. The van der Waals surface area contributed by atoms with E-state index in [1.807, 2.05) is 6.07 Å². The molecular formula is C27H35N7O5. The number of carboxylic acids is 1. The second-order valence-electron chi connectivity index (χ2n) is 9.77. The third kappa shape index (κ3) is 8.59. The first-order chi connectivity index (χ1) is 18.9. The van der Waals surface area contributed by atoms with Crippen LogP contribution in [0.25, 0.3) is 0 Å². The molecule has 208 valence electrons. The SMILES string of the molecule is CN(C)C(=O)Oc1ccc(C[C@H](Nc2nc(NCc3ccco3)nc(NCC3CCCCC3)n2)C(=O)O)cc1. The molecule has 1 atom stereocenters. The molecular weight excluding hydrogens is 502 g/mol. The zero-order valence-electron chi connectivity index (χ0n) is 22.2. The highest BCUT2D eigenvalue weighted by atomic mass is 16.6. The number of nitrogens with one attached hydrogen (secondary N) is 3. The van der Waals surface area contributed by atoms with Crippen molar-refractivity contribution in [1.82, 2.24) is 19.9 Å². The predicted molar refractivity (Wildman–Crippen MR) is 146 cm³/mol. The number of anilines is 3. The van der Waals surface area contributed by atoms with Crippen LogP contribution in [0.4, 0.5) is 22.6 Å². The summed E-state index contributed by atoms with van der Waals surface area (Å²) in [7, 11) is 3.19. The molecule has 4 rings (SSSR count). The molecule has 12 heteroatoms. The van der Waals surface area contributed by atoms with E-state index in [-0.39, 0.29) is 12.4 Å². The lowest BCUT2D eigenvalue weighted by Crippen LogP contribution is -2.32. The van der Waals surface area contributed by atoms with Gasteiger partial charge in [0.1, 0.15) is 17.6 Å². The monoisotopic (exact) mass is 537 g/mol. The van der Waals surface area contributed by atoms with Gasteiger partial charge in [0, 0.05) is 27.1 Å². The van der Waals surface area contributed by atoms with Gasteiger partial charge in [0.25, 0.3) is 0 Å². The van der Waals surface area contributed by atoms with E-state index in [4.69, 9.17) is 9.15 Å². The molecule has 12 nitrogen and oxygen atoms in total. The Kier molecular flexibility index (Phi) is 9.54. The number of nitrogens with zero attached hydrogens (tertiary/aromatic N) is 4. The number of aromatic nitrogens is 3. The quantitative estimate of drug-likeness (QED) is 0.262. The standard InChI is InChI=1S/C27H35N7O5/c1-34(2)27(37)39-20-12-10-18(11-13-20)15-22(23(35)36)30-26-32-24(28-16-19-7-4-3-5-8-19)31-25(33-26)29-17-21-9-6-14-38-21/h6,9-14,19,22H,3-5,7-8,15-17H2,1-2H3,(H,35,36)(H3,28,29,30,31,32,33)/t22-/m0/s1. The number of hydrogen-bond donors (Lipinski definition) is 4. The molecule has 2 aromatic heterocycles. The van der Waals surface area contributed by atoms with Crippen LogP contribution in [0.3, 0.4) is 0 Å². The number of hydrogen-bond acceptors (Lipinski definition) is 10. The fraction of sp³-hybridized carbons (Fsp3) is 0.444. The van der Waals surface area contributed by atoms with Crippen molar-refractivity contribution in [2.24, 2.45) is 5.92 Å². The predicted octanol–water partition coefficient (Wildman–Crippen LogP) is 4.24. The van der Waals surface area contributed by atoms with E-state index in [1.54, 1.807) is 50.7 Å². The number of aliphatic carboxylic acids is 1. The van der Waals surface area contributed by atoms with E-state index in [1.165, 1.54) is 37.0 Å². The number of furan rings is 1. The van der Waals surface area contributed by atoms with Crippen molar-refractivity contribution in [2.75, 3.05) is 36.6 Å². The highest BCUT2D eigenvalue weighted by Crippen LogP contribution is 2.24. The molecule has 4 N–H and O–H groups in total. The molecule has 1 aromatic carbocycles. The summed E-state index contributed by atoms with van der Waals surface area (Å²) in [5.74, 6) is 1.39. The number of carbonyl (C=O) groups excluding carboxylic acids is 1. The Hall–Kier alpha value is -4.35. The van der Waals surface area contributed by atoms with Crippen LogP contribution >= 0.6 is 0 Å². The van der Waals surface area contributed by atoms with E-state index in [9.17, 15) is 14.7 Å². The van der Waals surface area contributed by atoms with Crippen molar-refractivity contribution in [2.45, 2.75) is 51.1 Å². The number of carboxylic acid groups (broad SMARTS) is 1. The van der Waals surface area contributed by atoms with Crippen molar-refractivity contribution in [3.05, 3.63) is 54.0 Å². The van der Waals surface area contributed by atoms with E-state index in [0.717, 1.165) is 12.1 Å². The van der Waals surface area contributed by atoms with Gasteiger partial charge in [-0.05, 0) is 48.6 Å². The van der Waals surface area contributed by atoms with Gasteiger partial charge >= 0.3 is 12.1 Å². The maximum atomic E-state index is 12.1. The molecule has 39 heavy (non-hydrogen) atoms. The Balaban J connectivity index is 1.46. The molecule has 0 bridgehead atoms. The summed E-state index contributed by atoms with van der Waals surface area (Å²) in [4.78, 5) is 38.5. The largest absolute Gasteiger partial charge is 0.480 e. The summed E-state index contributed by atoms with van der Waals surface area (Å²) >= 11 is 0. The second kappa shape index (κ2) is 13.4. The number of rotatable bonds is 12. The zero-order valence-corrected chi connectivity index (χ0v) is 22.2. The van der Waals surface area contributed by atoms with Crippen molar-refractivity contribution >= 4 is 29.9 Å². The number of amides is 1. The average molecular weight is 538 g/mol. The van der Waals surface area contributed by atoms with Gasteiger partial charge in [0.05, 0.1) is 12.8 Å². The Morgan fingerprint density at radius 3 is 2.36 bits per heavy atom. The molecule has 1 amide bonds. The Morgan fingerprint density at radius 2 is 1.72 bits per heavy atom. The molecule has 0 radical (unpaired) electrons. The van der Waals surface area contributed by atoms with Gasteiger partial charge in [-0.3, -0.25) is 0 Å². The van der Waals surface area contributed by atoms with Gasteiger partial charge < -0.3 is 35.1 Å². The van der Waals surface area contributed by atoms with Gasteiger partial charge in [0.15, 0.2) is 0 Å². The smallest absolute Gasteiger partial charge is 0.414 e. The van der Waals surface area contributed by atoms with Crippen LogP contribution in [-0.2, 0) is 17.8 Å². The summed E-state index contributed by atoms with van der Waals surface area (Å²) in [5, 5.41) is 19.3. The van der Waals surface area contributed by atoms with Gasteiger partial charge in [-0.15, -0.1) is 0 Å². The first-order valence-corrected chi connectivity index (χ1v) is 13.1. The van der Waals surface area contributed by atoms with E-state index in [2.05, 4.69) is 30.9 Å². The molecule has 0 spiro atoms. The van der Waals surface area contributed by atoms with Crippen molar-refractivity contribution in [3.63, 3.8) is 0 Å². The van der Waals surface area contributed by atoms with Crippen LogP contribution in [0.15, 0.2) is 47.1 Å². The molecule has 1 aliphatic carbocycles. The van der Waals surface area contributed by atoms with Crippen molar-refractivity contribution in [1.29, 1.82) is 0 Å². The number of carbonyl (C=O) groups is 2. The topological polar surface area (TPSA) is 155 Å². The maximum absolute atomic E-state index is 12.1. The third-order valence-electron chi connectivity index (χ3n) is 6.44. The van der Waals surface area contributed by atoms with Crippen LogP contribution in [0.5, 0.6) is 5.75 Å². The summed E-state index contributed by atoms with van der Waals surface area (Å²) < 4.78 is 10.6. The average Bonchev–Trinajstić information content (AvgIpc) is 3.46. The van der Waals surface area contributed by atoms with E-state index in [0.29, 0.717) is 35.9 Å². The normalized spacial score (nSPS) is 14.3. The highest BCUT2D eigenvalue weighted by molar-refractivity contribution is 5.77. The lowest BCUT2D eigenvalue weighted by atomic mass is 9.89. The first kappa shape index (κ1) is 27.7. The molecule has 1 saturated carbocycles. The third-order valence-corrected chi connectivity index (χ3v) is 6.44. The van der Waals surface area contributed by atoms with E-state index >= 15 is 0 Å². The molecule has 1 fully saturated rings. The van der Waals surface area contributed by atoms with Gasteiger partial charge in [0.2, 0.25) is 17.8 Å². The maximum Gasteiger partial charge on any atom is 0.414 e. The molecule has 0 saturated heterocycles. The van der Waals surface area contributed by atoms with Crippen LogP contribution in [0, 0.1) is 5.92 Å². The van der Waals surface area contributed by atoms with E-state index < -0.39 is 18.1 Å². The Morgan fingerprint density at radius 1 is 1.03 bits per heavy atom. The molecule has 2 heterocycles. The minimum absolute atomic E-state index is 0.141. The molecule has 0 aliphatic heterocycles.